The fraction of sp³-hybridized carbons (Fsp3) is 0.476. The lowest BCUT2D eigenvalue weighted by molar-refractivity contribution is -0.140. The smallest absolute Gasteiger partial charge is 0.408 e. The molecule has 0 aliphatic carbocycles. The second kappa shape index (κ2) is 13.6. The molecule has 0 aromatic heterocycles. The monoisotopic (exact) mass is 478 g/mol. The van der Waals surface area contributed by atoms with Crippen molar-refractivity contribution < 1.29 is 33.9 Å². The number of nitrogens with two attached hydrogens (primary N) is 1. The van der Waals surface area contributed by atoms with Crippen molar-refractivity contribution in [2.45, 2.75) is 31.9 Å². The van der Waals surface area contributed by atoms with Crippen LogP contribution in [-0.4, -0.2) is 72.1 Å². The normalized spacial score (nSPS) is 14.5. The van der Waals surface area contributed by atoms with Crippen molar-refractivity contribution in [2.75, 3.05) is 26.2 Å². The molecule has 1 heterocycles. The summed E-state index contributed by atoms with van der Waals surface area (Å²) in [4.78, 5) is 54.5. The molecule has 7 N–H and O–H groups in total. The first-order valence-corrected chi connectivity index (χ1v) is 10.7. The maximum atomic E-state index is 12.5. The van der Waals surface area contributed by atoms with Crippen LogP contribution in [0.5, 0.6) is 0 Å². The molecule has 1 aromatic carbocycles. The quantitative estimate of drug-likeness (QED) is 0.105. The van der Waals surface area contributed by atoms with Gasteiger partial charge in [-0.15, -0.1) is 0 Å². The van der Waals surface area contributed by atoms with E-state index in [4.69, 9.17) is 20.7 Å². The van der Waals surface area contributed by atoms with Gasteiger partial charge in [-0.25, -0.2) is 15.1 Å². The second-order valence-electron chi connectivity index (χ2n) is 7.61. The Kier molecular flexibility index (Phi) is 10.6. The minimum atomic E-state index is -1.35. The van der Waals surface area contributed by atoms with Crippen LogP contribution in [0.3, 0.4) is 0 Å². The number of guanidine groups is 1. The molecule has 1 fully saturated rings. The molecule has 0 unspecified atom stereocenters. The summed E-state index contributed by atoms with van der Waals surface area (Å²) in [6.07, 6.45) is 0.0477. The van der Waals surface area contributed by atoms with Crippen molar-refractivity contribution in [3.63, 3.8) is 0 Å². The lowest BCUT2D eigenvalue weighted by Gasteiger charge is -2.31. The van der Waals surface area contributed by atoms with E-state index in [0.717, 1.165) is 5.56 Å². The summed E-state index contributed by atoms with van der Waals surface area (Å²) in [7, 11) is 0. The SMILES string of the molecule is N=C(N)NOCCC(=O)N1CCC(C(=O)NC[C@H](NC(=O)OCc2ccccc2)C(=O)O)CC1. The number of alkyl carbamates (subject to hydrolysis) is 1. The number of rotatable bonds is 11. The van der Waals surface area contributed by atoms with Crippen molar-refractivity contribution in [3.05, 3.63) is 35.9 Å². The molecule has 0 radical (unpaired) electrons. The number of hydrogen-bond donors (Lipinski definition) is 6. The van der Waals surface area contributed by atoms with Crippen LogP contribution in [-0.2, 0) is 30.6 Å². The van der Waals surface area contributed by atoms with Gasteiger partial charge < -0.3 is 31.1 Å². The predicted molar refractivity (Wildman–Crippen MR) is 119 cm³/mol. The number of hydroxylamine groups is 1. The van der Waals surface area contributed by atoms with Crippen LogP contribution in [0.4, 0.5) is 4.79 Å². The number of carboxylic acid groups (broad SMARTS) is 1. The number of carbonyl (C=O) groups is 4. The summed E-state index contributed by atoms with van der Waals surface area (Å²) in [5, 5.41) is 21.1. The molecule has 13 heteroatoms. The highest BCUT2D eigenvalue weighted by atomic mass is 16.6. The summed E-state index contributed by atoms with van der Waals surface area (Å²) < 4.78 is 5.02. The minimum Gasteiger partial charge on any atom is -0.480 e. The van der Waals surface area contributed by atoms with E-state index in [1.807, 2.05) is 6.07 Å². The van der Waals surface area contributed by atoms with Gasteiger partial charge in [0, 0.05) is 25.6 Å². The largest absolute Gasteiger partial charge is 0.480 e. The van der Waals surface area contributed by atoms with Gasteiger partial charge in [0.05, 0.1) is 13.0 Å². The van der Waals surface area contributed by atoms with Gasteiger partial charge >= 0.3 is 12.1 Å². The van der Waals surface area contributed by atoms with Gasteiger partial charge in [0.25, 0.3) is 0 Å². The zero-order chi connectivity index (χ0) is 24.9. The topological polar surface area (TPSA) is 196 Å². The van der Waals surface area contributed by atoms with E-state index in [0.29, 0.717) is 25.9 Å². The molecule has 1 aromatic rings. The number of likely N-dealkylation sites (tertiary alicyclic amines) is 1. The molecule has 1 aliphatic heterocycles. The molecule has 3 amide bonds. The second-order valence-corrected chi connectivity index (χ2v) is 7.61. The highest BCUT2D eigenvalue weighted by molar-refractivity contribution is 5.83. The van der Waals surface area contributed by atoms with E-state index < -0.39 is 18.1 Å². The molecule has 2 rings (SSSR count). The molecule has 1 aliphatic rings. The average Bonchev–Trinajstić information content (AvgIpc) is 2.83. The number of piperidine rings is 1. The third kappa shape index (κ3) is 9.32. The van der Waals surface area contributed by atoms with Gasteiger partial charge in [-0.1, -0.05) is 30.3 Å². The lowest BCUT2D eigenvalue weighted by atomic mass is 9.95. The zero-order valence-corrected chi connectivity index (χ0v) is 18.6. The van der Waals surface area contributed by atoms with Crippen LogP contribution in [0.1, 0.15) is 24.8 Å². The standard InChI is InChI=1S/C21H30N6O7/c22-20(23)26-34-11-8-17(28)27-9-6-15(7-10-27)18(29)24-12-16(19(30)31)25-21(32)33-13-14-4-2-1-3-5-14/h1-5,15-16H,6-13H2,(H,24,29)(H,25,32)(H,30,31)(H4,22,23,26)/t16-/m0/s1. The molecule has 186 valence electrons. The van der Waals surface area contributed by atoms with Gasteiger partial charge in [-0.05, 0) is 18.4 Å². The predicted octanol–water partition coefficient (Wildman–Crippen LogP) is -0.474. The molecular formula is C21H30N6O7. The van der Waals surface area contributed by atoms with E-state index >= 15 is 0 Å². The van der Waals surface area contributed by atoms with E-state index in [1.54, 1.807) is 29.2 Å². The Bertz CT molecular complexity index is 858. The first kappa shape index (κ1) is 26.4. The van der Waals surface area contributed by atoms with Crippen molar-refractivity contribution in [1.29, 1.82) is 5.41 Å². The number of amides is 3. The number of aliphatic carboxylic acids is 1. The zero-order valence-electron chi connectivity index (χ0n) is 18.6. The van der Waals surface area contributed by atoms with Crippen LogP contribution in [0, 0.1) is 11.3 Å². The third-order valence-corrected chi connectivity index (χ3v) is 5.10. The Labute approximate surface area is 196 Å². The van der Waals surface area contributed by atoms with E-state index in [2.05, 4.69) is 16.1 Å². The number of carbonyl (C=O) groups excluding carboxylic acids is 3. The van der Waals surface area contributed by atoms with Gasteiger partial charge in [0.15, 0.2) is 0 Å². The van der Waals surface area contributed by atoms with Gasteiger partial charge in [-0.2, -0.15) is 0 Å². The van der Waals surface area contributed by atoms with E-state index in [-0.39, 0.29) is 49.9 Å². The number of nitrogens with one attached hydrogen (secondary N) is 4. The van der Waals surface area contributed by atoms with Gasteiger partial charge in [0.1, 0.15) is 12.6 Å². The third-order valence-electron chi connectivity index (χ3n) is 5.10. The fourth-order valence-corrected chi connectivity index (χ4v) is 3.27. The summed E-state index contributed by atoms with van der Waals surface area (Å²) in [6, 6.07) is 7.57. The van der Waals surface area contributed by atoms with Gasteiger partial charge in [-0.3, -0.25) is 19.8 Å². The summed E-state index contributed by atoms with van der Waals surface area (Å²) in [5.41, 5.74) is 7.97. The van der Waals surface area contributed by atoms with E-state index in [9.17, 15) is 24.3 Å². The average molecular weight is 479 g/mol. The molecule has 34 heavy (non-hydrogen) atoms. The number of nitrogens with zero attached hydrogens (tertiary/aromatic N) is 1. The van der Waals surface area contributed by atoms with Gasteiger partial charge in [0.2, 0.25) is 17.8 Å². The Morgan fingerprint density at radius 2 is 1.85 bits per heavy atom. The van der Waals surface area contributed by atoms with Crippen LogP contribution < -0.4 is 21.8 Å². The van der Waals surface area contributed by atoms with Crippen LogP contribution in [0.15, 0.2) is 30.3 Å². The van der Waals surface area contributed by atoms with E-state index in [1.165, 1.54) is 0 Å². The van der Waals surface area contributed by atoms with Crippen LogP contribution in [0.25, 0.3) is 0 Å². The molecule has 0 bridgehead atoms. The number of ether oxygens (including phenoxy) is 1. The summed E-state index contributed by atoms with van der Waals surface area (Å²) >= 11 is 0. The molecule has 13 nitrogen and oxygen atoms in total. The maximum absolute atomic E-state index is 12.5. The number of carboxylic acids is 1. The Hall–Kier alpha value is -3.87. The molecule has 0 saturated carbocycles. The van der Waals surface area contributed by atoms with Crippen molar-refractivity contribution >= 4 is 29.8 Å². The molecule has 1 atom stereocenters. The lowest BCUT2D eigenvalue weighted by Crippen LogP contribution is -2.50. The van der Waals surface area contributed by atoms with Crippen molar-refractivity contribution in [3.8, 4) is 0 Å². The molecule has 0 spiro atoms. The molecule has 1 saturated heterocycles. The minimum absolute atomic E-state index is 0.0119. The van der Waals surface area contributed by atoms with Crippen molar-refractivity contribution in [2.24, 2.45) is 11.7 Å². The first-order chi connectivity index (χ1) is 16.3. The first-order valence-electron chi connectivity index (χ1n) is 10.7. The number of hydrogen-bond acceptors (Lipinski definition) is 7. The highest BCUT2D eigenvalue weighted by Gasteiger charge is 2.28. The highest BCUT2D eigenvalue weighted by Crippen LogP contribution is 2.18. The fourth-order valence-electron chi connectivity index (χ4n) is 3.27. The molecular weight excluding hydrogens is 448 g/mol. The number of benzene rings is 1. The Morgan fingerprint density at radius 3 is 2.47 bits per heavy atom. The summed E-state index contributed by atoms with van der Waals surface area (Å²) in [5.74, 6) is -2.53. The van der Waals surface area contributed by atoms with Crippen LogP contribution in [0.2, 0.25) is 0 Å². The Morgan fingerprint density at radius 1 is 1.18 bits per heavy atom. The van der Waals surface area contributed by atoms with Crippen LogP contribution >= 0.6 is 0 Å². The Balaban J connectivity index is 1.69. The van der Waals surface area contributed by atoms with Crippen molar-refractivity contribution in [1.82, 2.24) is 21.0 Å². The maximum Gasteiger partial charge on any atom is 0.408 e. The summed E-state index contributed by atoms with van der Waals surface area (Å²) in [6.45, 7) is 0.499.